The van der Waals surface area contributed by atoms with Gasteiger partial charge in [-0.3, -0.25) is 4.68 Å². The van der Waals surface area contributed by atoms with Crippen LogP contribution in [-0.2, 0) is 11.8 Å². The van der Waals surface area contributed by atoms with Gasteiger partial charge in [-0.2, -0.15) is 5.10 Å². The van der Waals surface area contributed by atoms with Crippen LogP contribution in [0.3, 0.4) is 0 Å². The molecule has 0 aromatic carbocycles. The lowest BCUT2D eigenvalue weighted by Crippen LogP contribution is -2.14. The van der Waals surface area contributed by atoms with Gasteiger partial charge in [-0.05, 0) is 13.8 Å². The summed E-state index contributed by atoms with van der Waals surface area (Å²) in [6, 6.07) is 0. The summed E-state index contributed by atoms with van der Waals surface area (Å²) in [4.78, 5) is 8.38. The number of nitrogens with zero attached hydrogens (tertiary/aromatic N) is 4. The highest BCUT2D eigenvalue weighted by atomic mass is 16.5. The Kier molecular flexibility index (Phi) is 3.53. The molecule has 0 amide bonds. The standard InChI is InChI=1S/C11H17N5O/c1-8(2)17-5-4-12-10-9-6-15-16(3)11(9)14-7-13-10/h6-8H,4-5H2,1-3H3,(H,12,13,14). The van der Waals surface area contributed by atoms with Crippen LogP contribution >= 0.6 is 0 Å². The molecule has 17 heavy (non-hydrogen) atoms. The maximum atomic E-state index is 5.45. The van der Waals surface area contributed by atoms with Crippen molar-refractivity contribution < 1.29 is 4.74 Å². The van der Waals surface area contributed by atoms with Gasteiger partial charge in [0.15, 0.2) is 5.65 Å². The van der Waals surface area contributed by atoms with Gasteiger partial charge in [0.25, 0.3) is 0 Å². The fourth-order valence-electron chi connectivity index (χ4n) is 1.57. The highest BCUT2D eigenvalue weighted by molar-refractivity contribution is 5.85. The summed E-state index contributed by atoms with van der Waals surface area (Å²) in [6.07, 6.45) is 3.55. The van der Waals surface area contributed by atoms with Crippen LogP contribution in [0.1, 0.15) is 13.8 Å². The van der Waals surface area contributed by atoms with Gasteiger partial charge < -0.3 is 10.1 Å². The van der Waals surface area contributed by atoms with E-state index in [1.807, 2.05) is 20.9 Å². The monoisotopic (exact) mass is 235 g/mol. The summed E-state index contributed by atoms with van der Waals surface area (Å²) in [7, 11) is 1.86. The summed E-state index contributed by atoms with van der Waals surface area (Å²) in [5.41, 5.74) is 0.826. The predicted octanol–water partition coefficient (Wildman–Crippen LogP) is 1.20. The minimum Gasteiger partial charge on any atom is -0.377 e. The first kappa shape index (κ1) is 11.8. The smallest absolute Gasteiger partial charge is 0.163 e. The Morgan fingerprint density at radius 3 is 3.00 bits per heavy atom. The van der Waals surface area contributed by atoms with Crippen molar-refractivity contribution in [2.75, 3.05) is 18.5 Å². The maximum absolute atomic E-state index is 5.45. The topological polar surface area (TPSA) is 64.9 Å². The zero-order chi connectivity index (χ0) is 12.3. The predicted molar refractivity (Wildman–Crippen MR) is 65.9 cm³/mol. The van der Waals surface area contributed by atoms with Gasteiger partial charge in [0, 0.05) is 13.6 Å². The van der Waals surface area contributed by atoms with Crippen molar-refractivity contribution in [2.24, 2.45) is 7.05 Å². The molecule has 1 N–H and O–H groups in total. The van der Waals surface area contributed by atoms with Gasteiger partial charge in [0.2, 0.25) is 0 Å². The van der Waals surface area contributed by atoms with Gasteiger partial charge in [-0.15, -0.1) is 0 Å². The normalized spacial score (nSPS) is 11.3. The van der Waals surface area contributed by atoms with E-state index in [2.05, 4.69) is 20.4 Å². The lowest BCUT2D eigenvalue weighted by atomic mass is 10.4. The van der Waals surface area contributed by atoms with E-state index in [4.69, 9.17) is 4.74 Å². The van der Waals surface area contributed by atoms with E-state index in [-0.39, 0.29) is 6.10 Å². The molecule has 0 saturated carbocycles. The lowest BCUT2D eigenvalue weighted by molar-refractivity contribution is 0.0870. The van der Waals surface area contributed by atoms with E-state index in [0.717, 1.165) is 23.4 Å². The molecule has 0 spiro atoms. The molecule has 2 heterocycles. The van der Waals surface area contributed by atoms with E-state index >= 15 is 0 Å². The van der Waals surface area contributed by atoms with E-state index in [0.29, 0.717) is 6.61 Å². The molecule has 0 aliphatic rings. The Balaban J connectivity index is 2.03. The second kappa shape index (κ2) is 5.09. The van der Waals surface area contributed by atoms with Crippen molar-refractivity contribution in [1.82, 2.24) is 19.7 Å². The number of hydrogen-bond acceptors (Lipinski definition) is 5. The molecule has 6 nitrogen and oxygen atoms in total. The molecule has 0 aliphatic carbocycles. The SMILES string of the molecule is CC(C)OCCNc1ncnc2c1cnn2C. The Morgan fingerprint density at radius 2 is 2.24 bits per heavy atom. The van der Waals surface area contributed by atoms with Crippen molar-refractivity contribution >= 4 is 16.9 Å². The maximum Gasteiger partial charge on any atom is 0.163 e. The molecular weight excluding hydrogens is 218 g/mol. The van der Waals surface area contributed by atoms with Crippen molar-refractivity contribution in [3.63, 3.8) is 0 Å². The minimum atomic E-state index is 0.251. The Labute approximate surface area is 100 Å². The number of anilines is 1. The fourth-order valence-corrected chi connectivity index (χ4v) is 1.57. The van der Waals surface area contributed by atoms with Crippen molar-refractivity contribution in [3.05, 3.63) is 12.5 Å². The molecule has 0 radical (unpaired) electrons. The molecule has 0 saturated heterocycles. The van der Waals surface area contributed by atoms with Crippen molar-refractivity contribution in [1.29, 1.82) is 0 Å². The first-order chi connectivity index (χ1) is 8.18. The third-order valence-corrected chi connectivity index (χ3v) is 2.38. The second-order valence-electron chi connectivity index (χ2n) is 4.07. The summed E-state index contributed by atoms with van der Waals surface area (Å²) in [5, 5.41) is 8.31. The number of nitrogens with one attached hydrogen (secondary N) is 1. The summed E-state index contributed by atoms with van der Waals surface area (Å²) >= 11 is 0. The van der Waals surface area contributed by atoms with E-state index in [1.54, 1.807) is 10.9 Å². The molecule has 0 atom stereocenters. The van der Waals surface area contributed by atoms with Gasteiger partial charge >= 0.3 is 0 Å². The van der Waals surface area contributed by atoms with Gasteiger partial charge in [-0.25, -0.2) is 9.97 Å². The first-order valence-corrected chi connectivity index (χ1v) is 5.66. The van der Waals surface area contributed by atoms with E-state index in [1.165, 1.54) is 6.33 Å². The highest BCUT2D eigenvalue weighted by Gasteiger charge is 2.06. The average molecular weight is 235 g/mol. The lowest BCUT2D eigenvalue weighted by Gasteiger charge is -2.09. The molecule has 0 aliphatic heterocycles. The van der Waals surface area contributed by atoms with Crippen LogP contribution in [-0.4, -0.2) is 39.0 Å². The summed E-state index contributed by atoms with van der Waals surface area (Å²) in [6.45, 7) is 5.41. The van der Waals surface area contributed by atoms with Gasteiger partial charge in [0.1, 0.15) is 12.1 Å². The number of hydrogen-bond donors (Lipinski definition) is 1. The van der Waals surface area contributed by atoms with Crippen LogP contribution in [0.5, 0.6) is 0 Å². The van der Waals surface area contributed by atoms with Crippen LogP contribution in [0, 0.1) is 0 Å². The largest absolute Gasteiger partial charge is 0.377 e. The van der Waals surface area contributed by atoms with E-state index in [9.17, 15) is 0 Å². The number of aromatic nitrogens is 4. The average Bonchev–Trinajstić information content (AvgIpc) is 2.67. The molecule has 2 rings (SSSR count). The Morgan fingerprint density at radius 1 is 1.41 bits per heavy atom. The van der Waals surface area contributed by atoms with Crippen molar-refractivity contribution in [3.8, 4) is 0 Å². The van der Waals surface area contributed by atoms with Crippen LogP contribution < -0.4 is 5.32 Å². The molecule has 2 aromatic heterocycles. The molecule has 0 fully saturated rings. The van der Waals surface area contributed by atoms with Gasteiger partial charge in [-0.1, -0.05) is 0 Å². The second-order valence-corrected chi connectivity index (χ2v) is 4.07. The number of fused-ring (bicyclic) bond motifs is 1. The van der Waals surface area contributed by atoms with Gasteiger partial charge in [0.05, 0.1) is 24.3 Å². The zero-order valence-electron chi connectivity index (χ0n) is 10.3. The molecular formula is C11H17N5O. The zero-order valence-corrected chi connectivity index (χ0v) is 10.3. The summed E-state index contributed by atoms with van der Waals surface area (Å²) in [5.74, 6) is 0.801. The number of ether oxygens (including phenoxy) is 1. The molecule has 0 unspecified atom stereocenters. The third kappa shape index (κ3) is 2.71. The highest BCUT2D eigenvalue weighted by Crippen LogP contribution is 2.17. The molecule has 2 aromatic rings. The number of rotatable bonds is 5. The number of aryl methyl sites for hydroxylation is 1. The van der Waals surface area contributed by atoms with Crippen LogP contribution in [0.4, 0.5) is 5.82 Å². The van der Waals surface area contributed by atoms with Crippen molar-refractivity contribution in [2.45, 2.75) is 20.0 Å². The minimum absolute atomic E-state index is 0.251. The van der Waals surface area contributed by atoms with Crippen LogP contribution in [0.25, 0.3) is 11.0 Å². The fraction of sp³-hybridized carbons (Fsp3) is 0.545. The van der Waals surface area contributed by atoms with E-state index < -0.39 is 0 Å². The Hall–Kier alpha value is -1.69. The third-order valence-electron chi connectivity index (χ3n) is 2.38. The quantitative estimate of drug-likeness (QED) is 0.789. The first-order valence-electron chi connectivity index (χ1n) is 5.66. The molecule has 0 bridgehead atoms. The summed E-state index contributed by atoms with van der Waals surface area (Å²) < 4.78 is 7.18. The van der Waals surface area contributed by atoms with Crippen LogP contribution in [0.2, 0.25) is 0 Å². The molecule has 6 heteroatoms. The van der Waals surface area contributed by atoms with Crippen LogP contribution in [0.15, 0.2) is 12.5 Å². The molecule has 92 valence electrons. The Bertz CT molecular complexity index is 494.